The van der Waals surface area contributed by atoms with Gasteiger partial charge in [0.25, 0.3) is 0 Å². The van der Waals surface area contributed by atoms with Gasteiger partial charge in [0.2, 0.25) is 0 Å². The third-order valence-corrected chi connectivity index (χ3v) is 3.66. The van der Waals surface area contributed by atoms with E-state index in [1.807, 2.05) is 6.07 Å². The molecule has 3 heteroatoms. The summed E-state index contributed by atoms with van der Waals surface area (Å²) in [4.78, 5) is 2.29. The maximum Gasteiger partial charge on any atom is 0.101 e. The van der Waals surface area contributed by atoms with E-state index in [2.05, 4.69) is 49.2 Å². The van der Waals surface area contributed by atoms with Gasteiger partial charge >= 0.3 is 0 Å². The fourth-order valence-corrected chi connectivity index (χ4v) is 2.45. The molecule has 1 fully saturated rings. The summed E-state index contributed by atoms with van der Waals surface area (Å²) in [6.45, 7) is 9.37. The molecular formula is C17H25N3. The molecule has 1 N–H and O–H groups in total. The van der Waals surface area contributed by atoms with Crippen molar-refractivity contribution in [3.05, 3.63) is 29.3 Å². The molecule has 0 atom stereocenters. The van der Waals surface area contributed by atoms with Crippen LogP contribution in [0.2, 0.25) is 0 Å². The molecular weight excluding hydrogens is 246 g/mol. The molecule has 108 valence electrons. The predicted octanol–water partition coefficient (Wildman–Crippen LogP) is 3.29. The molecule has 20 heavy (non-hydrogen) atoms. The van der Waals surface area contributed by atoms with Crippen molar-refractivity contribution in [3.63, 3.8) is 0 Å². The monoisotopic (exact) mass is 271 g/mol. The highest BCUT2D eigenvalue weighted by Gasteiger charge is 2.20. The van der Waals surface area contributed by atoms with E-state index in [0.717, 1.165) is 30.9 Å². The quantitative estimate of drug-likeness (QED) is 0.827. The SMILES string of the molecule is CCN(CC(C)C)c1ccc(CNC2CC2)cc1C#N. The Kier molecular flexibility index (Phi) is 5.03. The molecule has 0 aliphatic heterocycles. The van der Waals surface area contributed by atoms with Crippen LogP contribution in [-0.2, 0) is 6.54 Å². The van der Waals surface area contributed by atoms with Crippen LogP contribution in [-0.4, -0.2) is 19.1 Å². The van der Waals surface area contributed by atoms with Gasteiger partial charge in [-0.15, -0.1) is 0 Å². The van der Waals surface area contributed by atoms with E-state index >= 15 is 0 Å². The molecule has 0 radical (unpaired) electrons. The van der Waals surface area contributed by atoms with E-state index in [-0.39, 0.29) is 0 Å². The summed E-state index contributed by atoms with van der Waals surface area (Å²) in [5.74, 6) is 0.595. The van der Waals surface area contributed by atoms with Crippen molar-refractivity contribution in [3.8, 4) is 6.07 Å². The Balaban J connectivity index is 2.13. The Bertz CT molecular complexity index is 483. The second kappa shape index (κ2) is 6.76. The van der Waals surface area contributed by atoms with Crippen molar-refractivity contribution in [2.45, 2.75) is 46.2 Å². The largest absolute Gasteiger partial charge is 0.370 e. The van der Waals surface area contributed by atoms with Crippen LogP contribution in [0.25, 0.3) is 0 Å². The predicted molar refractivity (Wildman–Crippen MR) is 83.7 cm³/mol. The number of rotatable bonds is 7. The fraction of sp³-hybridized carbons (Fsp3) is 0.588. The van der Waals surface area contributed by atoms with Crippen molar-refractivity contribution in [2.75, 3.05) is 18.0 Å². The van der Waals surface area contributed by atoms with Gasteiger partial charge in [-0.1, -0.05) is 19.9 Å². The van der Waals surface area contributed by atoms with E-state index in [9.17, 15) is 5.26 Å². The molecule has 0 amide bonds. The van der Waals surface area contributed by atoms with Gasteiger partial charge in [0, 0.05) is 25.7 Å². The lowest BCUT2D eigenvalue weighted by atomic mass is 10.1. The lowest BCUT2D eigenvalue weighted by Crippen LogP contribution is -2.28. The normalized spacial score (nSPS) is 14.3. The lowest BCUT2D eigenvalue weighted by Gasteiger charge is -2.26. The minimum absolute atomic E-state index is 0.595. The van der Waals surface area contributed by atoms with Gasteiger partial charge in [-0.05, 0) is 43.4 Å². The van der Waals surface area contributed by atoms with Crippen molar-refractivity contribution in [1.82, 2.24) is 5.32 Å². The molecule has 0 spiro atoms. The standard InChI is InChI=1S/C17H25N3/c1-4-20(12-13(2)3)17-8-5-14(9-15(17)10-18)11-19-16-6-7-16/h5,8-9,13,16,19H,4,6-7,11-12H2,1-3H3. The number of benzene rings is 1. The topological polar surface area (TPSA) is 39.1 Å². The van der Waals surface area contributed by atoms with E-state index < -0.39 is 0 Å². The van der Waals surface area contributed by atoms with Crippen LogP contribution in [0.15, 0.2) is 18.2 Å². The first-order valence-corrected chi connectivity index (χ1v) is 7.65. The summed E-state index contributed by atoms with van der Waals surface area (Å²) in [6.07, 6.45) is 2.59. The van der Waals surface area contributed by atoms with E-state index in [1.165, 1.54) is 18.4 Å². The molecule has 0 saturated heterocycles. The second-order valence-corrected chi connectivity index (χ2v) is 6.05. The van der Waals surface area contributed by atoms with Crippen LogP contribution in [0.5, 0.6) is 0 Å². The Morgan fingerprint density at radius 3 is 2.70 bits per heavy atom. The van der Waals surface area contributed by atoms with Crippen LogP contribution in [0.4, 0.5) is 5.69 Å². The number of nitrogens with one attached hydrogen (secondary N) is 1. The van der Waals surface area contributed by atoms with Crippen LogP contribution in [0.1, 0.15) is 44.7 Å². The molecule has 2 rings (SSSR count). The number of anilines is 1. The highest BCUT2D eigenvalue weighted by atomic mass is 15.1. The third-order valence-electron chi connectivity index (χ3n) is 3.66. The Morgan fingerprint density at radius 2 is 2.15 bits per heavy atom. The maximum absolute atomic E-state index is 9.41. The molecule has 0 aromatic heterocycles. The molecule has 1 saturated carbocycles. The summed E-state index contributed by atoms with van der Waals surface area (Å²) >= 11 is 0. The smallest absolute Gasteiger partial charge is 0.101 e. The summed E-state index contributed by atoms with van der Waals surface area (Å²) in [5, 5.41) is 12.9. The lowest BCUT2D eigenvalue weighted by molar-refractivity contribution is 0.618. The number of nitriles is 1. The van der Waals surface area contributed by atoms with Crippen molar-refractivity contribution in [1.29, 1.82) is 5.26 Å². The van der Waals surface area contributed by atoms with E-state index in [0.29, 0.717) is 12.0 Å². The van der Waals surface area contributed by atoms with E-state index in [1.54, 1.807) is 0 Å². The molecule has 0 bridgehead atoms. The van der Waals surface area contributed by atoms with Gasteiger partial charge in [0.05, 0.1) is 11.3 Å². The summed E-state index contributed by atoms with van der Waals surface area (Å²) < 4.78 is 0. The first-order valence-electron chi connectivity index (χ1n) is 7.65. The second-order valence-electron chi connectivity index (χ2n) is 6.05. The highest BCUT2D eigenvalue weighted by Crippen LogP contribution is 2.24. The van der Waals surface area contributed by atoms with Crippen molar-refractivity contribution in [2.24, 2.45) is 5.92 Å². The number of hydrogen-bond donors (Lipinski definition) is 1. The van der Waals surface area contributed by atoms with Crippen LogP contribution >= 0.6 is 0 Å². The molecule has 3 nitrogen and oxygen atoms in total. The fourth-order valence-electron chi connectivity index (χ4n) is 2.45. The zero-order valence-corrected chi connectivity index (χ0v) is 12.8. The average Bonchev–Trinajstić information content (AvgIpc) is 3.26. The summed E-state index contributed by atoms with van der Waals surface area (Å²) in [7, 11) is 0. The van der Waals surface area contributed by atoms with Crippen molar-refractivity contribution >= 4 is 5.69 Å². The molecule has 1 aromatic carbocycles. The minimum atomic E-state index is 0.595. The Hall–Kier alpha value is -1.53. The summed E-state index contributed by atoms with van der Waals surface area (Å²) in [5.41, 5.74) is 3.07. The molecule has 0 unspecified atom stereocenters. The minimum Gasteiger partial charge on any atom is -0.370 e. The third kappa shape index (κ3) is 3.98. The van der Waals surface area contributed by atoms with Gasteiger partial charge in [0.15, 0.2) is 0 Å². The average molecular weight is 271 g/mol. The first kappa shape index (κ1) is 14.9. The molecule has 1 aliphatic rings. The zero-order valence-electron chi connectivity index (χ0n) is 12.8. The van der Waals surface area contributed by atoms with Crippen LogP contribution in [0, 0.1) is 17.2 Å². The number of hydrogen-bond acceptors (Lipinski definition) is 3. The maximum atomic E-state index is 9.41. The molecule has 1 aromatic rings. The van der Waals surface area contributed by atoms with Gasteiger partial charge in [-0.3, -0.25) is 0 Å². The van der Waals surface area contributed by atoms with E-state index in [4.69, 9.17) is 0 Å². The van der Waals surface area contributed by atoms with Crippen molar-refractivity contribution < 1.29 is 0 Å². The molecule has 0 heterocycles. The Labute approximate surface area is 122 Å². The van der Waals surface area contributed by atoms with Crippen LogP contribution < -0.4 is 10.2 Å². The first-order chi connectivity index (χ1) is 9.63. The summed E-state index contributed by atoms with van der Waals surface area (Å²) in [6, 6.07) is 9.35. The number of nitrogens with zero attached hydrogens (tertiary/aromatic N) is 2. The highest BCUT2D eigenvalue weighted by molar-refractivity contribution is 5.60. The van der Waals surface area contributed by atoms with Crippen LogP contribution in [0.3, 0.4) is 0 Å². The van der Waals surface area contributed by atoms with Gasteiger partial charge < -0.3 is 10.2 Å². The van der Waals surface area contributed by atoms with Gasteiger partial charge in [0.1, 0.15) is 6.07 Å². The molecule has 1 aliphatic carbocycles. The van der Waals surface area contributed by atoms with Gasteiger partial charge in [-0.25, -0.2) is 0 Å². The Morgan fingerprint density at radius 1 is 1.40 bits per heavy atom. The zero-order chi connectivity index (χ0) is 14.5. The van der Waals surface area contributed by atoms with Gasteiger partial charge in [-0.2, -0.15) is 5.26 Å².